The van der Waals surface area contributed by atoms with Gasteiger partial charge in [-0.2, -0.15) is 0 Å². The molecule has 0 radical (unpaired) electrons. The van der Waals surface area contributed by atoms with E-state index in [1.54, 1.807) is 0 Å². The fraction of sp³-hybridized carbons (Fsp3) is 0.292. The van der Waals surface area contributed by atoms with E-state index >= 15 is 0 Å². The number of hydrogen-bond donors (Lipinski definition) is 1. The summed E-state index contributed by atoms with van der Waals surface area (Å²) in [6, 6.07) is 16.2. The smallest absolute Gasteiger partial charge is 0.234 e. The number of anilines is 1. The van der Waals surface area contributed by atoms with Crippen molar-refractivity contribution in [2.45, 2.75) is 44.8 Å². The van der Waals surface area contributed by atoms with Gasteiger partial charge in [0.05, 0.1) is 5.75 Å². The van der Waals surface area contributed by atoms with E-state index in [4.69, 9.17) is 0 Å². The fourth-order valence-corrected chi connectivity index (χ4v) is 3.89. The molecule has 5 nitrogen and oxygen atoms in total. The number of hydrogen-bond acceptors (Lipinski definition) is 4. The van der Waals surface area contributed by atoms with Gasteiger partial charge in [-0.1, -0.05) is 67.6 Å². The average molecular weight is 421 g/mol. The molecule has 1 N–H and O–H groups in total. The summed E-state index contributed by atoms with van der Waals surface area (Å²) >= 11 is 1.38. The maximum Gasteiger partial charge on any atom is 0.234 e. The van der Waals surface area contributed by atoms with E-state index in [0.29, 0.717) is 17.6 Å². The van der Waals surface area contributed by atoms with Crippen LogP contribution >= 0.6 is 11.8 Å². The van der Waals surface area contributed by atoms with E-state index in [1.165, 1.54) is 17.3 Å². The largest absolute Gasteiger partial charge is 0.325 e. The summed E-state index contributed by atoms with van der Waals surface area (Å²) in [6.07, 6.45) is 2.91. The molecule has 2 aromatic carbocycles. The zero-order chi connectivity index (χ0) is 21.5. The maximum atomic E-state index is 12.4. The lowest BCUT2D eigenvalue weighted by Gasteiger charge is -2.11. The molecule has 1 aromatic heterocycles. The second kappa shape index (κ2) is 10.3. The fourth-order valence-electron chi connectivity index (χ4n) is 3.14. The van der Waals surface area contributed by atoms with Gasteiger partial charge in [0.2, 0.25) is 5.91 Å². The van der Waals surface area contributed by atoms with Crippen molar-refractivity contribution in [3.63, 3.8) is 0 Å². The number of aryl methyl sites for hydroxylation is 1. The summed E-state index contributed by atoms with van der Waals surface area (Å²) in [5.74, 6) is 1.49. The number of benzene rings is 2. The number of rotatable bonds is 9. The van der Waals surface area contributed by atoms with E-state index in [0.717, 1.165) is 29.1 Å². The molecule has 6 heteroatoms. The molecule has 1 amide bonds. The molecule has 0 aliphatic heterocycles. The molecule has 0 aliphatic carbocycles. The molecule has 0 saturated carbocycles. The Balaban J connectivity index is 1.66. The van der Waals surface area contributed by atoms with Gasteiger partial charge in [-0.25, -0.2) is 0 Å². The van der Waals surface area contributed by atoms with Crippen LogP contribution in [0.4, 0.5) is 5.69 Å². The maximum absolute atomic E-state index is 12.4. The summed E-state index contributed by atoms with van der Waals surface area (Å²) in [4.78, 5) is 12.4. The van der Waals surface area contributed by atoms with Gasteiger partial charge in [-0.05, 0) is 43.0 Å². The van der Waals surface area contributed by atoms with E-state index in [2.05, 4.69) is 54.1 Å². The number of nitrogens with zero attached hydrogens (tertiary/aromatic N) is 3. The minimum atomic E-state index is -0.0680. The predicted molar refractivity (Wildman–Crippen MR) is 125 cm³/mol. The van der Waals surface area contributed by atoms with Crippen LogP contribution in [0.15, 0.2) is 66.3 Å². The summed E-state index contributed by atoms with van der Waals surface area (Å²) in [6.45, 7) is 10.8. The molecule has 0 aliphatic rings. The average Bonchev–Trinajstić information content (AvgIpc) is 3.15. The Morgan fingerprint density at radius 1 is 1.23 bits per heavy atom. The molecule has 1 unspecified atom stereocenters. The van der Waals surface area contributed by atoms with Crippen molar-refractivity contribution in [3.05, 3.63) is 72.3 Å². The van der Waals surface area contributed by atoms with Crippen LogP contribution in [-0.2, 0) is 11.3 Å². The molecule has 0 saturated heterocycles. The third-order valence-corrected chi connectivity index (χ3v) is 5.98. The molecule has 3 aromatic rings. The van der Waals surface area contributed by atoms with Crippen molar-refractivity contribution in [3.8, 4) is 11.4 Å². The first-order valence-electron chi connectivity index (χ1n) is 10.2. The molecule has 1 atom stereocenters. The van der Waals surface area contributed by atoms with E-state index in [-0.39, 0.29) is 11.7 Å². The first-order valence-corrected chi connectivity index (χ1v) is 11.1. The lowest BCUT2D eigenvalue weighted by molar-refractivity contribution is -0.113. The van der Waals surface area contributed by atoms with E-state index in [1.807, 2.05) is 47.9 Å². The standard InChI is InChI=1S/C24H28N4OS/c1-5-14-28-23(20-9-7-8-17(3)15-20)26-27-24(28)30-16-22(29)25-21-12-10-19(11-13-21)18(4)6-2/h5,7-13,15,18H,1,6,14,16H2,2-4H3,(H,25,29). The zero-order valence-corrected chi connectivity index (χ0v) is 18.6. The molecular weight excluding hydrogens is 392 g/mol. The Morgan fingerprint density at radius 3 is 2.67 bits per heavy atom. The molecular formula is C24H28N4OS. The van der Waals surface area contributed by atoms with E-state index < -0.39 is 0 Å². The van der Waals surface area contributed by atoms with Crippen molar-refractivity contribution >= 4 is 23.4 Å². The quantitative estimate of drug-likeness (QED) is 0.357. The number of allylic oxidation sites excluding steroid dienone is 1. The van der Waals surface area contributed by atoms with Crippen LogP contribution in [0.2, 0.25) is 0 Å². The highest BCUT2D eigenvalue weighted by Crippen LogP contribution is 2.25. The Morgan fingerprint density at radius 2 is 2.00 bits per heavy atom. The van der Waals surface area contributed by atoms with Crippen LogP contribution in [0.5, 0.6) is 0 Å². The Bertz CT molecular complexity index is 1010. The minimum Gasteiger partial charge on any atom is -0.325 e. The third-order valence-electron chi connectivity index (χ3n) is 5.01. The topological polar surface area (TPSA) is 59.8 Å². The van der Waals surface area contributed by atoms with E-state index in [9.17, 15) is 4.79 Å². The number of carbonyl (C=O) groups is 1. The van der Waals surface area contributed by atoms with Gasteiger partial charge in [-0.15, -0.1) is 16.8 Å². The van der Waals surface area contributed by atoms with Crippen LogP contribution in [0.3, 0.4) is 0 Å². The monoisotopic (exact) mass is 420 g/mol. The second-order valence-electron chi connectivity index (χ2n) is 7.34. The minimum absolute atomic E-state index is 0.0680. The Labute approximate surface area is 182 Å². The third kappa shape index (κ3) is 5.39. The summed E-state index contributed by atoms with van der Waals surface area (Å²) in [5, 5.41) is 12.3. The number of aromatic nitrogens is 3. The van der Waals surface area contributed by atoms with Gasteiger partial charge in [0.25, 0.3) is 0 Å². The van der Waals surface area contributed by atoms with Gasteiger partial charge in [0, 0.05) is 17.8 Å². The van der Waals surface area contributed by atoms with Crippen molar-refractivity contribution in [1.29, 1.82) is 0 Å². The molecule has 1 heterocycles. The van der Waals surface area contributed by atoms with Crippen LogP contribution in [0.1, 0.15) is 37.3 Å². The summed E-state index contributed by atoms with van der Waals surface area (Å²) in [7, 11) is 0. The van der Waals surface area contributed by atoms with Crippen molar-refractivity contribution in [1.82, 2.24) is 14.8 Å². The lowest BCUT2D eigenvalue weighted by atomic mass is 9.99. The zero-order valence-electron chi connectivity index (χ0n) is 17.8. The van der Waals surface area contributed by atoms with Crippen molar-refractivity contribution in [2.24, 2.45) is 0 Å². The molecule has 0 fully saturated rings. The number of amides is 1. The van der Waals surface area contributed by atoms with Crippen LogP contribution in [0, 0.1) is 6.92 Å². The first-order chi connectivity index (χ1) is 14.5. The summed E-state index contributed by atoms with van der Waals surface area (Å²) in [5.41, 5.74) is 4.25. The van der Waals surface area contributed by atoms with Gasteiger partial charge in [0.1, 0.15) is 0 Å². The SMILES string of the molecule is C=CCn1c(SCC(=O)Nc2ccc(C(C)CC)cc2)nnc1-c1cccc(C)c1. The van der Waals surface area contributed by atoms with Gasteiger partial charge in [0.15, 0.2) is 11.0 Å². The second-order valence-corrected chi connectivity index (χ2v) is 8.29. The number of thioether (sulfide) groups is 1. The van der Waals surface area contributed by atoms with Crippen molar-refractivity contribution < 1.29 is 4.79 Å². The number of carbonyl (C=O) groups excluding carboxylic acids is 1. The first kappa shape index (κ1) is 21.8. The molecule has 30 heavy (non-hydrogen) atoms. The molecule has 0 spiro atoms. The highest BCUT2D eigenvalue weighted by atomic mass is 32.2. The number of nitrogens with one attached hydrogen (secondary N) is 1. The highest BCUT2D eigenvalue weighted by Gasteiger charge is 2.15. The van der Waals surface area contributed by atoms with Crippen LogP contribution < -0.4 is 5.32 Å². The van der Waals surface area contributed by atoms with Crippen molar-refractivity contribution in [2.75, 3.05) is 11.1 Å². The molecule has 0 bridgehead atoms. The van der Waals surface area contributed by atoms with Gasteiger partial charge >= 0.3 is 0 Å². The predicted octanol–water partition coefficient (Wildman–Crippen LogP) is 5.68. The summed E-state index contributed by atoms with van der Waals surface area (Å²) < 4.78 is 1.99. The Kier molecular flexibility index (Phi) is 7.46. The molecule has 3 rings (SSSR count). The molecule has 156 valence electrons. The normalized spacial score (nSPS) is 11.8. The van der Waals surface area contributed by atoms with Crippen LogP contribution in [-0.4, -0.2) is 26.4 Å². The Hall–Kier alpha value is -2.86. The lowest BCUT2D eigenvalue weighted by Crippen LogP contribution is -2.14. The van der Waals surface area contributed by atoms with Gasteiger partial charge in [-0.3, -0.25) is 9.36 Å². The van der Waals surface area contributed by atoms with Crippen LogP contribution in [0.25, 0.3) is 11.4 Å². The highest BCUT2D eigenvalue weighted by molar-refractivity contribution is 7.99. The van der Waals surface area contributed by atoms with Gasteiger partial charge < -0.3 is 5.32 Å².